The summed E-state index contributed by atoms with van der Waals surface area (Å²) < 4.78 is 30.9. The smallest absolute Gasteiger partial charge is 0.193 e. The lowest BCUT2D eigenvalue weighted by molar-refractivity contribution is 0.196. The molecule has 0 amide bonds. The number of aromatic amines is 1. The van der Waals surface area contributed by atoms with Crippen LogP contribution < -0.4 is 0 Å². The first-order valence-corrected chi connectivity index (χ1v) is 10.8. The minimum Gasteiger partial charge on any atom is -0.297 e. The molecule has 1 aliphatic rings. The summed E-state index contributed by atoms with van der Waals surface area (Å²) in [7, 11) is 0. The third kappa shape index (κ3) is 3.57. The largest absolute Gasteiger partial charge is 0.297 e. The zero-order valence-corrected chi connectivity index (χ0v) is 17.1. The van der Waals surface area contributed by atoms with Crippen LogP contribution in [0.2, 0.25) is 0 Å². The molecular weight excluding hydrogens is 404 g/mol. The van der Waals surface area contributed by atoms with Gasteiger partial charge < -0.3 is 0 Å². The van der Waals surface area contributed by atoms with Gasteiger partial charge in [-0.2, -0.15) is 5.10 Å². The van der Waals surface area contributed by atoms with E-state index in [0.717, 1.165) is 43.3 Å². The summed E-state index contributed by atoms with van der Waals surface area (Å²) in [6.45, 7) is 2.58. The van der Waals surface area contributed by atoms with Gasteiger partial charge in [0, 0.05) is 53.7 Å². The molecule has 5 rings (SSSR count). The second kappa shape index (κ2) is 8.12. The van der Waals surface area contributed by atoms with Crippen LogP contribution >= 0.6 is 11.3 Å². The van der Waals surface area contributed by atoms with Crippen molar-refractivity contribution in [2.75, 3.05) is 13.1 Å². The summed E-state index contributed by atoms with van der Waals surface area (Å²) in [4.78, 5) is 6.79. The van der Waals surface area contributed by atoms with Crippen molar-refractivity contribution in [1.82, 2.24) is 24.6 Å². The number of halogens is 2. The average molecular weight is 426 g/mol. The van der Waals surface area contributed by atoms with Crippen LogP contribution in [0.3, 0.4) is 0 Å². The Hall–Kier alpha value is -2.84. The van der Waals surface area contributed by atoms with Gasteiger partial charge in [0.15, 0.2) is 5.13 Å². The SMILES string of the molecule is Fc1cccc(F)c1-c1cn[nH]c1C1CCCN(Cc2cccn2-c2nccs2)C1. The molecule has 4 aromatic rings. The van der Waals surface area contributed by atoms with Gasteiger partial charge in [-0.05, 0) is 43.7 Å². The van der Waals surface area contributed by atoms with E-state index in [1.807, 2.05) is 23.8 Å². The minimum absolute atomic E-state index is 0.00369. The maximum atomic E-state index is 14.4. The number of H-pyrrole nitrogens is 1. The molecule has 1 unspecified atom stereocenters. The van der Waals surface area contributed by atoms with Crippen LogP contribution in [-0.2, 0) is 6.54 Å². The summed E-state index contributed by atoms with van der Waals surface area (Å²) in [5.41, 5.74) is 2.49. The van der Waals surface area contributed by atoms with Crippen molar-refractivity contribution in [3.8, 4) is 16.3 Å². The van der Waals surface area contributed by atoms with E-state index in [1.165, 1.54) is 30.1 Å². The molecule has 4 heterocycles. The van der Waals surface area contributed by atoms with E-state index in [4.69, 9.17) is 0 Å². The van der Waals surface area contributed by atoms with Crippen molar-refractivity contribution in [1.29, 1.82) is 0 Å². The third-order valence-corrected chi connectivity index (χ3v) is 6.43. The Balaban J connectivity index is 1.38. The molecule has 5 nitrogen and oxygen atoms in total. The minimum atomic E-state index is -0.563. The van der Waals surface area contributed by atoms with Crippen LogP contribution in [0.4, 0.5) is 8.78 Å². The van der Waals surface area contributed by atoms with Crippen molar-refractivity contribution < 1.29 is 8.78 Å². The van der Waals surface area contributed by atoms with E-state index in [1.54, 1.807) is 11.3 Å². The van der Waals surface area contributed by atoms with E-state index in [2.05, 4.69) is 30.7 Å². The predicted molar refractivity (Wildman–Crippen MR) is 113 cm³/mol. The Morgan fingerprint density at radius 3 is 2.83 bits per heavy atom. The molecule has 1 N–H and O–H groups in total. The molecule has 1 aliphatic heterocycles. The summed E-state index contributed by atoms with van der Waals surface area (Å²) in [6.07, 6.45) is 7.34. The van der Waals surface area contributed by atoms with Gasteiger partial charge in [0.2, 0.25) is 0 Å². The summed E-state index contributed by atoms with van der Waals surface area (Å²) in [5.74, 6) is -0.989. The Bertz CT molecular complexity index is 1110. The monoisotopic (exact) mass is 425 g/mol. The Morgan fingerprint density at radius 2 is 2.03 bits per heavy atom. The fourth-order valence-electron chi connectivity index (χ4n) is 4.29. The fourth-order valence-corrected chi connectivity index (χ4v) is 4.95. The van der Waals surface area contributed by atoms with E-state index in [-0.39, 0.29) is 11.5 Å². The first-order valence-electron chi connectivity index (χ1n) is 9.97. The molecule has 0 aliphatic carbocycles. The number of benzene rings is 1. The van der Waals surface area contributed by atoms with Crippen LogP contribution in [0.15, 0.2) is 54.3 Å². The third-order valence-electron chi connectivity index (χ3n) is 5.66. The lowest BCUT2D eigenvalue weighted by Gasteiger charge is -2.32. The van der Waals surface area contributed by atoms with Gasteiger partial charge in [-0.3, -0.25) is 14.6 Å². The fraction of sp³-hybridized carbons (Fsp3) is 0.273. The van der Waals surface area contributed by atoms with Crippen LogP contribution in [0, 0.1) is 11.6 Å². The molecule has 1 fully saturated rings. The molecule has 0 radical (unpaired) electrons. The Labute approximate surface area is 177 Å². The molecule has 0 bridgehead atoms. The van der Waals surface area contributed by atoms with Crippen LogP contribution in [0.1, 0.15) is 30.1 Å². The normalized spacial score (nSPS) is 17.5. The molecule has 0 saturated carbocycles. The number of hydrogen-bond acceptors (Lipinski definition) is 4. The number of rotatable bonds is 5. The lowest BCUT2D eigenvalue weighted by atomic mass is 9.90. The zero-order chi connectivity index (χ0) is 20.5. The van der Waals surface area contributed by atoms with Crippen LogP contribution in [0.5, 0.6) is 0 Å². The number of nitrogens with zero attached hydrogens (tertiary/aromatic N) is 4. The zero-order valence-electron chi connectivity index (χ0n) is 16.3. The molecule has 0 spiro atoms. The number of piperidine rings is 1. The molecule has 1 saturated heterocycles. The number of thiazole rings is 1. The van der Waals surface area contributed by atoms with Gasteiger partial charge in [0.05, 0.1) is 11.8 Å². The molecule has 154 valence electrons. The van der Waals surface area contributed by atoms with E-state index in [0.29, 0.717) is 5.56 Å². The van der Waals surface area contributed by atoms with Crippen molar-refractivity contribution in [3.63, 3.8) is 0 Å². The molecule has 1 atom stereocenters. The number of likely N-dealkylation sites (tertiary alicyclic amines) is 1. The average Bonchev–Trinajstić information content (AvgIpc) is 3.50. The van der Waals surface area contributed by atoms with E-state index >= 15 is 0 Å². The van der Waals surface area contributed by atoms with Gasteiger partial charge in [-0.1, -0.05) is 6.07 Å². The maximum absolute atomic E-state index is 14.4. The van der Waals surface area contributed by atoms with Crippen LogP contribution in [-0.4, -0.2) is 37.7 Å². The summed E-state index contributed by atoms with van der Waals surface area (Å²) >= 11 is 1.61. The topological polar surface area (TPSA) is 49.7 Å². The van der Waals surface area contributed by atoms with Gasteiger partial charge in [0.1, 0.15) is 11.6 Å². The van der Waals surface area contributed by atoms with E-state index in [9.17, 15) is 8.78 Å². The second-order valence-electron chi connectivity index (χ2n) is 7.55. The Kier molecular flexibility index (Phi) is 5.18. The highest BCUT2D eigenvalue weighted by atomic mass is 32.1. The van der Waals surface area contributed by atoms with Gasteiger partial charge in [-0.25, -0.2) is 13.8 Å². The molecular formula is C22H21F2N5S. The maximum Gasteiger partial charge on any atom is 0.193 e. The van der Waals surface area contributed by atoms with E-state index < -0.39 is 11.6 Å². The molecule has 3 aromatic heterocycles. The summed E-state index contributed by atoms with van der Waals surface area (Å²) in [6, 6.07) is 8.10. The quantitative estimate of drug-likeness (QED) is 0.491. The highest BCUT2D eigenvalue weighted by molar-refractivity contribution is 7.12. The first kappa shape index (κ1) is 19.1. The molecule has 1 aromatic carbocycles. The number of nitrogens with one attached hydrogen (secondary N) is 1. The van der Waals surface area contributed by atoms with Gasteiger partial charge in [0.25, 0.3) is 0 Å². The van der Waals surface area contributed by atoms with Crippen molar-refractivity contribution in [2.45, 2.75) is 25.3 Å². The number of aromatic nitrogens is 4. The second-order valence-corrected chi connectivity index (χ2v) is 8.43. The Morgan fingerprint density at radius 1 is 1.17 bits per heavy atom. The van der Waals surface area contributed by atoms with Gasteiger partial charge in [-0.15, -0.1) is 11.3 Å². The summed E-state index contributed by atoms with van der Waals surface area (Å²) in [5, 5.41) is 10.1. The highest BCUT2D eigenvalue weighted by Crippen LogP contribution is 2.35. The van der Waals surface area contributed by atoms with Crippen LogP contribution in [0.25, 0.3) is 16.3 Å². The molecule has 8 heteroatoms. The lowest BCUT2D eigenvalue weighted by Crippen LogP contribution is -2.34. The standard InChI is InChI=1S/C22H21F2N5S/c23-18-6-1-7-19(24)20(18)17-12-26-27-21(17)15-4-2-9-28(13-15)14-16-5-3-10-29(16)22-25-8-11-30-22/h1,3,5-8,10-12,15H,2,4,9,13-14H2,(H,26,27). The number of hydrogen-bond donors (Lipinski definition) is 1. The van der Waals surface area contributed by atoms with Crippen molar-refractivity contribution in [2.24, 2.45) is 0 Å². The molecule has 30 heavy (non-hydrogen) atoms. The predicted octanol–water partition coefficient (Wildman–Crippen LogP) is 4.98. The highest BCUT2D eigenvalue weighted by Gasteiger charge is 2.27. The van der Waals surface area contributed by atoms with Crippen molar-refractivity contribution in [3.05, 3.63) is 77.3 Å². The first-order chi connectivity index (χ1) is 14.7. The van der Waals surface area contributed by atoms with Gasteiger partial charge >= 0.3 is 0 Å². The van der Waals surface area contributed by atoms with Crippen molar-refractivity contribution >= 4 is 11.3 Å².